The highest BCUT2D eigenvalue weighted by Crippen LogP contribution is 2.14. The van der Waals surface area contributed by atoms with E-state index in [1.165, 1.54) is 5.56 Å². The number of hydrogen-bond acceptors (Lipinski definition) is 3. The molecular weight excluding hydrogens is 250 g/mol. The van der Waals surface area contributed by atoms with Gasteiger partial charge in [0.15, 0.2) is 0 Å². The van der Waals surface area contributed by atoms with Crippen molar-refractivity contribution in [1.82, 2.24) is 10.4 Å². The number of hydrogen-bond donors (Lipinski definition) is 1. The molecule has 2 aromatic rings. The lowest BCUT2D eigenvalue weighted by atomic mass is 10.0. The molecule has 1 aromatic heterocycles. The third-order valence-corrected chi connectivity index (χ3v) is 2.90. The molecule has 4 heteroatoms. The standard InChI is InChI=1S/C16H17N3O/c1-12(2)14-5-7-15(8-6-14)16(20)19-18-11-13-4-3-9-17-10-13/h3-12H,1-2H3,(H,19,20). The number of amides is 1. The Kier molecular flexibility index (Phi) is 4.60. The van der Waals surface area contributed by atoms with Crippen LogP contribution in [0.1, 0.15) is 41.3 Å². The van der Waals surface area contributed by atoms with Crippen molar-refractivity contribution >= 4 is 12.1 Å². The molecule has 0 unspecified atom stereocenters. The van der Waals surface area contributed by atoms with Crippen LogP contribution in [0.5, 0.6) is 0 Å². The zero-order valence-corrected chi connectivity index (χ0v) is 11.6. The van der Waals surface area contributed by atoms with Crippen LogP contribution in [-0.4, -0.2) is 17.1 Å². The maximum atomic E-state index is 11.9. The van der Waals surface area contributed by atoms with Crippen molar-refractivity contribution < 1.29 is 4.79 Å². The molecule has 0 aliphatic heterocycles. The van der Waals surface area contributed by atoms with Gasteiger partial charge in [-0.05, 0) is 29.7 Å². The highest BCUT2D eigenvalue weighted by atomic mass is 16.2. The zero-order valence-electron chi connectivity index (χ0n) is 11.6. The van der Waals surface area contributed by atoms with Gasteiger partial charge in [-0.3, -0.25) is 9.78 Å². The van der Waals surface area contributed by atoms with Crippen LogP contribution in [0.15, 0.2) is 53.9 Å². The molecule has 4 nitrogen and oxygen atoms in total. The number of pyridine rings is 1. The Hall–Kier alpha value is -2.49. The minimum Gasteiger partial charge on any atom is -0.267 e. The average molecular weight is 267 g/mol. The lowest BCUT2D eigenvalue weighted by Gasteiger charge is -2.05. The molecule has 1 aromatic carbocycles. The van der Waals surface area contributed by atoms with E-state index in [4.69, 9.17) is 0 Å². The molecule has 0 aliphatic carbocycles. The van der Waals surface area contributed by atoms with Crippen LogP contribution in [0.4, 0.5) is 0 Å². The summed E-state index contributed by atoms with van der Waals surface area (Å²) in [6.07, 6.45) is 4.92. The fourth-order valence-corrected chi connectivity index (χ4v) is 1.70. The smallest absolute Gasteiger partial charge is 0.267 e. The molecule has 0 saturated heterocycles. The first-order valence-corrected chi connectivity index (χ1v) is 6.50. The number of aromatic nitrogens is 1. The number of nitrogens with one attached hydrogen (secondary N) is 1. The minimum atomic E-state index is -0.222. The largest absolute Gasteiger partial charge is 0.271 e. The fourth-order valence-electron chi connectivity index (χ4n) is 1.70. The molecular formula is C16H17N3O. The Morgan fingerprint density at radius 1 is 1.25 bits per heavy atom. The Balaban J connectivity index is 1.96. The van der Waals surface area contributed by atoms with Gasteiger partial charge < -0.3 is 0 Å². The molecule has 1 heterocycles. The summed E-state index contributed by atoms with van der Waals surface area (Å²) in [6.45, 7) is 4.24. The zero-order chi connectivity index (χ0) is 14.4. The van der Waals surface area contributed by atoms with Crippen molar-refractivity contribution in [3.63, 3.8) is 0 Å². The van der Waals surface area contributed by atoms with E-state index < -0.39 is 0 Å². The van der Waals surface area contributed by atoms with Gasteiger partial charge in [-0.2, -0.15) is 5.10 Å². The van der Waals surface area contributed by atoms with Crippen LogP contribution in [0.2, 0.25) is 0 Å². The monoisotopic (exact) mass is 267 g/mol. The molecule has 0 spiro atoms. The summed E-state index contributed by atoms with van der Waals surface area (Å²) in [7, 11) is 0. The number of rotatable bonds is 4. The molecule has 0 bridgehead atoms. The molecule has 2 rings (SSSR count). The van der Waals surface area contributed by atoms with Gasteiger partial charge in [-0.25, -0.2) is 5.43 Å². The molecule has 102 valence electrons. The van der Waals surface area contributed by atoms with Crippen molar-refractivity contribution in [2.24, 2.45) is 5.10 Å². The predicted molar refractivity (Wildman–Crippen MR) is 79.8 cm³/mol. The van der Waals surface area contributed by atoms with Gasteiger partial charge in [-0.15, -0.1) is 0 Å². The van der Waals surface area contributed by atoms with E-state index in [1.54, 1.807) is 18.6 Å². The summed E-state index contributed by atoms with van der Waals surface area (Å²) in [5.41, 5.74) is 5.14. The molecule has 1 N–H and O–H groups in total. The first kappa shape index (κ1) is 13.9. The van der Waals surface area contributed by atoms with E-state index in [0.717, 1.165) is 5.56 Å². The van der Waals surface area contributed by atoms with Crippen LogP contribution in [0, 0.1) is 0 Å². The highest BCUT2D eigenvalue weighted by molar-refractivity contribution is 5.94. The lowest BCUT2D eigenvalue weighted by Crippen LogP contribution is -2.17. The summed E-state index contributed by atoms with van der Waals surface area (Å²) >= 11 is 0. The summed E-state index contributed by atoms with van der Waals surface area (Å²) < 4.78 is 0. The van der Waals surface area contributed by atoms with Crippen molar-refractivity contribution in [2.75, 3.05) is 0 Å². The van der Waals surface area contributed by atoms with E-state index in [-0.39, 0.29) is 5.91 Å². The van der Waals surface area contributed by atoms with Gasteiger partial charge in [0, 0.05) is 23.5 Å². The Bertz CT molecular complexity index is 589. The second-order valence-electron chi connectivity index (χ2n) is 4.76. The predicted octanol–water partition coefficient (Wildman–Crippen LogP) is 2.97. The fraction of sp³-hybridized carbons (Fsp3) is 0.188. The quantitative estimate of drug-likeness (QED) is 0.684. The van der Waals surface area contributed by atoms with Crippen LogP contribution in [0.3, 0.4) is 0 Å². The third-order valence-electron chi connectivity index (χ3n) is 2.90. The second-order valence-corrected chi connectivity index (χ2v) is 4.76. The molecule has 0 aliphatic rings. The first-order valence-electron chi connectivity index (χ1n) is 6.50. The van der Waals surface area contributed by atoms with Gasteiger partial charge in [0.1, 0.15) is 0 Å². The van der Waals surface area contributed by atoms with Gasteiger partial charge in [0.05, 0.1) is 6.21 Å². The second kappa shape index (κ2) is 6.61. The van der Waals surface area contributed by atoms with E-state index in [2.05, 4.69) is 29.4 Å². The summed E-state index contributed by atoms with van der Waals surface area (Å²) in [4.78, 5) is 15.8. The number of hydrazone groups is 1. The molecule has 20 heavy (non-hydrogen) atoms. The lowest BCUT2D eigenvalue weighted by molar-refractivity contribution is 0.0955. The first-order chi connectivity index (χ1) is 9.66. The number of nitrogens with zero attached hydrogens (tertiary/aromatic N) is 2. The average Bonchev–Trinajstić information content (AvgIpc) is 2.48. The topological polar surface area (TPSA) is 54.4 Å². The molecule has 0 saturated carbocycles. The normalized spacial score (nSPS) is 10.9. The Morgan fingerprint density at radius 3 is 2.60 bits per heavy atom. The van der Waals surface area contributed by atoms with Gasteiger partial charge in [0.25, 0.3) is 5.91 Å². The van der Waals surface area contributed by atoms with Crippen molar-refractivity contribution in [3.8, 4) is 0 Å². The number of carbonyl (C=O) groups is 1. The van der Waals surface area contributed by atoms with E-state index >= 15 is 0 Å². The Morgan fingerprint density at radius 2 is 2.00 bits per heavy atom. The van der Waals surface area contributed by atoms with Crippen LogP contribution >= 0.6 is 0 Å². The Labute approximate surface area is 118 Å². The third kappa shape index (κ3) is 3.75. The van der Waals surface area contributed by atoms with Crippen LogP contribution < -0.4 is 5.43 Å². The molecule has 0 radical (unpaired) electrons. The number of benzene rings is 1. The summed E-state index contributed by atoms with van der Waals surface area (Å²) in [5, 5.41) is 3.91. The van der Waals surface area contributed by atoms with Gasteiger partial charge in [0.2, 0.25) is 0 Å². The molecule has 0 fully saturated rings. The van der Waals surface area contributed by atoms with E-state index in [9.17, 15) is 4.79 Å². The highest BCUT2D eigenvalue weighted by Gasteiger charge is 2.05. The maximum Gasteiger partial charge on any atom is 0.271 e. The van der Waals surface area contributed by atoms with Crippen molar-refractivity contribution in [1.29, 1.82) is 0 Å². The van der Waals surface area contributed by atoms with Gasteiger partial charge >= 0.3 is 0 Å². The summed E-state index contributed by atoms with van der Waals surface area (Å²) in [5.74, 6) is 0.233. The molecule has 0 atom stereocenters. The SMILES string of the molecule is CC(C)c1ccc(C(=O)NN=Cc2cccnc2)cc1. The van der Waals surface area contributed by atoms with E-state index in [1.807, 2.05) is 36.4 Å². The van der Waals surface area contributed by atoms with Gasteiger partial charge in [-0.1, -0.05) is 32.0 Å². The number of carbonyl (C=O) groups excluding carboxylic acids is 1. The summed E-state index contributed by atoms with van der Waals surface area (Å²) in [6, 6.07) is 11.2. The van der Waals surface area contributed by atoms with E-state index in [0.29, 0.717) is 11.5 Å². The maximum absolute atomic E-state index is 11.9. The van der Waals surface area contributed by atoms with Crippen molar-refractivity contribution in [2.45, 2.75) is 19.8 Å². The van der Waals surface area contributed by atoms with Crippen LogP contribution in [-0.2, 0) is 0 Å². The molecule has 1 amide bonds. The van der Waals surface area contributed by atoms with Crippen LogP contribution in [0.25, 0.3) is 0 Å². The minimum absolute atomic E-state index is 0.222. The van der Waals surface area contributed by atoms with Crippen molar-refractivity contribution in [3.05, 3.63) is 65.5 Å².